The average molecular weight is 336 g/mol. The molecule has 0 aromatic carbocycles. The Labute approximate surface area is 145 Å². The summed E-state index contributed by atoms with van der Waals surface area (Å²) in [6.45, 7) is 2.85. The van der Waals surface area contributed by atoms with E-state index in [0.717, 1.165) is 24.7 Å². The maximum absolute atomic E-state index is 10.9. The number of primary amides is 1. The summed E-state index contributed by atoms with van der Waals surface area (Å²) >= 11 is 0. The third-order valence-electron chi connectivity index (χ3n) is 5.05. The minimum atomic E-state index is -0.352. The van der Waals surface area contributed by atoms with Crippen LogP contribution >= 0.6 is 0 Å². The fourth-order valence-corrected chi connectivity index (χ4v) is 3.69. The van der Waals surface area contributed by atoms with E-state index < -0.39 is 0 Å². The van der Waals surface area contributed by atoms with Crippen LogP contribution in [0.25, 0.3) is 0 Å². The number of hydrogen-bond donors (Lipinski definition) is 1. The number of nitrogens with zero attached hydrogens (tertiary/aromatic N) is 3. The molecule has 6 nitrogen and oxygen atoms in total. The largest absolute Gasteiger partial charge is 0.369 e. The summed E-state index contributed by atoms with van der Waals surface area (Å²) in [5.41, 5.74) is 5.19. The van der Waals surface area contributed by atoms with Gasteiger partial charge in [-0.3, -0.25) is 9.69 Å². The summed E-state index contributed by atoms with van der Waals surface area (Å²) in [6.07, 6.45) is 11.8. The van der Waals surface area contributed by atoms with Crippen LogP contribution in [0.4, 0.5) is 0 Å². The van der Waals surface area contributed by atoms with E-state index in [1.807, 2.05) is 7.05 Å². The van der Waals surface area contributed by atoms with Gasteiger partial charge in [-0.1, -0.05) is 57.0 Å². The quantitative estimate of drug-likeness (QED) is 0.709. The third kappa shape index (κ3) is 6.23. The highest BCUT2D eigenvalue weighted by atomic mass is 16.5. The molecule has 0 radical (unpaired) electrons. The van der Waals surface area contributed by atoms with Crippen molar-refractivity contribution >= 4 is 5.91 Å². The van der Waals surface area contributed by atoms with E-state index in [0.29, 0.717) is 18.3 Å². The second-order valence-corrected chi connectivity index (χ2v) is 7.23. The van der Waals surface area contributed by atoms with Crippen molar-refractivity contribution in [3.8, 4) is 0 Å². The van der Waals surface area contributed by atoms with Gasteiger partial charge in [0.15, 0.2) is 5.82 Å². The molecule has 24 heavy (non-hydrogen) atoms. The van der Waals surface area contributed by atoms with Crippen molar-refractivity contribution in [3.63, 3.8) is 0 Å². The van der Waals surface area contributed by atoms with Crippen LogP contribution in [0, 0.1) is 5.92 Å². The van der Waals surface area contributed by atoms with Gasteiger partial charge in [0, 0.05) is 5.92 Å². The first-order valence-corrected chi connectivity index (χ1v) is 9.37. The van der Waals surface area contributed by atoms with Gasteiger partial charge in [-0.15, -0.1) is 0 Å². The number of carbonyl (C=O) groups excluding carboxylic acids is 1. The minimum Gasteiger partial charge on any atom is -0.369 e. The molecule has 1 fully saturated rings. The molecule has 0 saturated heterocycles. The molecule has 1 aliphatic rings. The predicted octanol–water partition coefficient (Wildman–Crippen LogP) is 3.23. The minimum absolute atomic E-state index is 0.197. The first-order valence-electron chi connectivity index (χ1n) is 9.37. The summed E-state index contributed by atoms with van der Waals surface area (Å²) in [6, 6.07) is 0. The van der Waals surface area contributed by atoms with Crippen molar-refractivity contribution in [1.82, 2.24) is 15.0 Å². The summed E-state index contributed by atoms with van der Waals surface area (Å²) in [7, 11) is 1.82. The Kier molecular flexibility index (Phi) is 7.69. The number of likely N-dealkylation sites (N-methyl/N-ethyl adjacent to an activating group) is 1. The van der Waals surface area contributed by atoms with Gasteiger partial charge in [0.1, 0.15) is 0 Å². The van der Waals surface area contributed by atoms with Crippen LogP contribution in [0.2, 0.25) is 0 Å². The Morgan fingerprint density at radius 3 is 2.79 bits per heavy atom. The molecular formula is C18H32N4O2. The van der Waals surface area contributed by atoms with Crippen molar-refractivity contribution in [2.24, 2.45) is 11.7 Å². The fourth-order valence-electron chi connectivity index (χ4n) is 3.69. The maximum Gasteiger partial charge on any atom is 0.231 e. The number of rotatable bonds is 10. The molecule has 1 aliphatic carbocycles. The maximum atomic E-state index is 10.9. The molecule has 1 aromatic rings. The van der Waals surface area contributed by atoms with Gasteiger partial charge in [-0.05, 0) is 25.8 Å². The van der Waals surface area contributed by atoms with Gasteiger partial charge >= 0.3 is 0 Å². The van der Waals surface area contributed by atoms with Crippen molar-refractivity contribution in [1.29, 1.82) is 0 Å². The lowest BCUT2D eigenvalue weighted by Gasteiger charge is -2.21. The van der Waals surface area contributed by atoms with Crippen LogP contribution in [0.5, 0.6) is 0 Å². The van der Waals surface area contributed by atoms with Crippen LogP contribution in [-0.4, -0.2) is 34.5 Å². The van der Waals surface area contributed by atoms with Crippen LogP contribution in [-0.2, 0) is 11.3 Å². The molecular weight excluding hydrogens is 304 g/mol. The van der Waals surface area contributed by atoms with E-state index in [9.17, 15) is 4.79 Å². The Morgan fingerprint density at radius 1 is 1.38 bits per heavy atom. The van der Waals surface area contributed by atoms with Crippen molar-refractivity contribution in [2.45, 2.75) is 77.2 Å². The molecule has 0 unspecified atom stereocenters. The number of hydrogen-bond acceptors (Lipinski definition) is 5. The van der Waals surface area contributed by atoms with Crippen LogP contribution in [0.3, 0.4) is 0 Å². The van der Waals surface area contributed by atoms with Crippen molar-refractivity contribution < 1.29 is 9.32 Å². The second kappa shape index (κ2) is 9.77. The number of amides is 1. The molecule has 1 saturated carbocycles. The van der Waals surface area contributed by atoms with E-state index in [4.69, 9.17) is 10.3 Å². The zero-order valence-electron chi connectivity index (χ0n) is 15.2. The Morgan fingerprint density at radius 2 is 2.12 bits per heavy atom. The van der Waals surface area contributed by atoms with Crippen molar-refractivity contribution in [2.75, 3.05) is 13.6 Å². The fraction of sp³-hybridized carbons (Fsp3) is 0.833. The summed E-state index contributed by atoms with van der Waals surface area (Å²) < 4.78 is 5.46. The lowest BCUT2D eigenvalue weighted by Crippen LogP contribution is -2.30. The molecule has 1 atom stereocenters. The highest BCUT2D eigenvalue weighted by Crippen LogP contribution is 2.30. The molecule has 2 N–H and O–H groups in total. The lowest BCUT2D eigenvalue weighted by atomic mass is 9.84. The molecule has 0 bridgehead atoms. The van der Waals surface area contributed by atoms with Gasteiger partial charge in [0.2, 0.25) is 11.8 Å². The smallest absolute Gasteiger partial charge is 0.231 e. The zero-order valence-corrected chi connectivity index (χ0v) is 15.2. The highest BCUT2D eigenvalue weighted by Gasteiger charge is 2.19. The normalized spacial score (nSPS) is 17.3. The van der Waals surface area contributed by atoms with Crippen molar-refractivity contribution in [3.05, 3.63) is 11.7 Å². The van der Waals surface area contributed by atoms with Gasteiger partial charge in [-0.25, -0.2) is 0 Å². The van der Waals surface area contributed by atoms with Crippen LogP contribution in [0.15, 0.2) is 4.52 Å². The van der Waals surface area contributed by atoms with E-state index >= 15 is 0 Å². The Bertz CT molecular complexity index is 497. The van der Waals surface area contributed by atoms with E-state index in [1.165, 1.54) is 44.9 Å². The monoisotopic (exact) mass is 336 g/mol. The number of nitrogens with two attached hydrogens (primary N) is 1. The SMILES string of the molecule is CC[C@H](CCCC1CCCCC1)c1nc(CN(C)CC(N)=O)no1. The highest BCUT2D eigenvalue weighted by molar-refractivity contribution is 5.75. The van der Waals surface area contributed by atoms with E-state index in [2.05, 4.69) is 17.1 Å². The van der Waals surface area contributed by atoms with Gasteiger partial charge in [0.25, 0.3) is 0 Å². The molecule has 0 spiro atoms. The molecule has 1 aromatic heterocycles. The molecule has 0 aliphatic heterocycles. The molecule has 6 heteroatoms. The van der Waals surface area contributed by atoms with Gasteiger partial charge in [0.05, 0.1) is 13.1 Å². The molecule has 136 valence electrons. The Balaban J connectivity index is 1.78. The topological polar surface area (TPSA) is 85.3 Å². The van der Waals surface area contributed by atoms with Gasteiger partial charge in [-0.2, -0.15) is 4.98 Å². The first-order chi connectivity index (χ1) is 11.6. The van der Waals surface area contributed by atoms with Crippen LogP contribution in [0.1, 0.15) is 82.3 Å². The first kappa shape index (κ1) is 18.9. The lowest BCUT2D eigenvalue weighted by molar-refractivity contribution is -0.118. The third-order valence-corrected chi connectivity index (χ3v) is 5.05. The Hall–Kier alpha value is -1.43. The summed E-state index contributed by atoms with van der Waals surface area (Å²) in [5, 5.41) is 4.05. The second-order valence-electron chi connectivity index (χ2n) is 7.23. The predicted molar refractivity (Wildman–Crippen MR) is 93.3 cm³/mol. The van der Waals surface area contributed by atoms with E-state index in [-0.39, 0.29) is 12.5 Å². The zero-order chi connectivity index (χ0) is 17.4. The summed E-state index contributed by atoms with van der Waals surface area (Å²) in [4.78, 5) is 17.2. The van der Waals surface area contributed by atoms with Crippen LogP contribution < -0.4 is 5.73 Å². The summed E-state index contributed by atoms with van der Waals surface area (Å²) in [5.74, 6) is 2.28. The van der Waals surface area contributed by atoms with E-state index in [1.54, 1.807) is 4.90 Å². The standard InChI is InChI=1S/C18H32N4O2/c1-3-15(11-7-10-14-8-5-4-6-9-14)18-20-17(21-24-18)13-22(2)12-16(19)23/h14-15H,3-13H2,1-2H3,(H2,19,23)/t15-/m1/s1. The number of aromatic nitrogens is 2. The molecule has 2 rings (SSSR count). The number of carbonyl (C=O) groups is 1. The molecule has 1 amide bonds. The average Bonchev–Trinajstić information content (AvgIpc) is 3.00. The van der Waals surface area contributed by atoms with Gasteiger partial charge < -0.3 is 10.3 Å². The molecule has 1 heterocycles.